The first-order chi connectivity index (χ1) is 12.9. The molecule has 2 N–H and O–H groups in total. The number of nitriles is 1. The molecule has 0 bridgehead atoms. The van der Waals surface area contributed by atoms with Crippen molar-refractivity contribution in [3.8, 4) is 11.8 Å². The summed E-state index contributed by atoms with van der Waals surface area (Å²) in [5, 5.41) is 19.5. The smallest absolute Gasteiger partial charge is 0.236 e. The molecule has 0 aliphatic rings. The lowest BCUT2D eigenvalue weighted by atomic mass is 10.2. The molecule has 0 saturated carbocycles. The van der Waals surface area contributed by atoms with Gasteiger partial charge in [0.25, 0.3) is 0 Å². The van der Waals surface area contributed by atoms with Crippen molar-refractivity contribution in [2.45, 2.75) is 25.9 Å². The molecule has 9 heteroatoms. The summed E-state index contributed by atoms with van der Waals surface area (Å²) >= 11 is 1.18. The van der Waals surface area contributed by atoms with Crippen LogP contribution in [0, 0.1) is 37.9 Å². The van der Waals surface area contributed by atoms with Gasteiger partial charge in [-0.25, -0.2) is 9.37 Å². The van der Waals surface area contributed by atoms with Gasteiger partial charge in [-0.1, -0.05) is 17.8 Å². The molecule has 0 aliphatic heterocycles. The Bertz CT molecular complexity index is 1050. The summed E-state index contributed by atoms with van der Waals surface area (Å²) in [6.07, 6.45) is 0. The van der Waals surface area contributed by atoms with E-state index in [1.54, 1.807) is 30.5 Å². The number of anilines is 1. The van der Waals surface area contributed by atoms with E-state index in [2.05, 4.69) is 26.6 Å². The van der Waals surface area contributed by atoms with Gasteiger partial charge in [0.2, 0.25) is 11.1 Å². The highest BCUT2D eigenvalue weighted by molar-refractivity contribution is 7.99. The largest absolute Gasteiger partial charge is 0.310 e. The van der Waals surface area contributed by atoms with Gasteiger partial charge in [0.05, 0.1) is 17.0 Å². The summed E-state index contributed by atoms with van der Waals surface area (Å²) in [6, 6.07) is 8.12. The number of rotatable bonds is 5. The number of aryl methyl sites for hydroxylation is 1. The van der Waals surface area contributed by atoms with Gasteiger partial charge in [-0.05, 0) is 44.5 Å². The van der Waals surface area contributed by atoms with Crippen LogP contribution in [0.2, 0.25) is 0 Å². The van der Waals surface area contributed by atoms with E-state index in [0.29, 0.717) is 28.0 Å². The fourth-order valence-corrected chi connectivity index (χ4v) is 3.33. The Morgan fingerprint density at radius 1 is 1.41 bits per heavy atom. The third-order valence-electron chi connectivity index (χ3n) is 4.06. The number of carbonyl (C=O) groups excluding carboxylic acids is 1. The number of thioether (sulfide) groups is 1. The van der Waals surface area contributed by atoms with Crippen LogP contribution in [0.5, 0.6) is 0 Å². The minimum absolute atomic E-state index is 0.0780. The molecular formula is C18H17FN6OS. The maximum Gasteiger partial charge on any atom is 0.236 e. The summed E-state index contributed by atoms with van der Waals surface area (Å²) in [6.45, 7) is 5.39. The first-order valence-corrected chi connectivity index (χ1v) is 9.09. The Kier molecular flexibility index (Phi) is 5.28. The molecule has 0 saturated heterocycles. The molecule has 1 amide bonds. The normalized spacial score (nSPS) is 10.6. The number of aromatic amines is 1. The van der Waals surface area contributed by atoms with Crippen LogP contribution in [0.3, 0.4) is 0 Å². The van der Waals surface area contributed by atoms with Crippen LogP contribution in [0.1, 0.15) is 22.6 Å². The second-order valence-corrected chi connectivity index (χ2v) is 6.84. The van der Waals surface area contributed by atoms with Crippen LogP contribution in [-0.2, 0) is 4.79 Å². The van der Waals surface area contributed by atoms with Gasteiger partial charge in [-0.15, -0.1) is 5.10 Å². The molecule has 0 atom stereocenters. The average Bonchev–Trinajstić information content (AvgIpc) is 3.15. The van der Waals surface area contributed by atoms with Gasteiger partial charge >= 0.3 is 0 Å². The summed E-state index contributed by atoms with van der Waals surface area (Å²) in [7, 11) is 0. The monoisotopic (exact) mass is 384 g/mol. The van der Waals surface area contributed by atoms with Gasteiger partial charge in [0.1, 0.15) is 23.5 Å². The van der Waals surface area contributed by atoms with E-state index in [4.69, 9.17) is 0 Å². The Labute approximate surface area is 159 Å². The van der Waals surface area contributed by atoms with Crippen LogP contribution in [-0.4, -0.2) is 31.4 Å². The Morgan fingerprint density at radius 2 is 2.19 bits per heavy atom. The van der Waals surface area contributed by atoms with E-state index in [1.807, 2.05) is 6.92 Å². The van der Waals surface area contributed by atoms with Gasteiger partial charge in [0.15, 0.2) is 0 Å². The van der Waals surface area contributed by atoms with E-state index < -0.39 is 5.82 Å². The van der Waals surface area contributed by atoms with Crippen molar-refractivity contribution < 1.29 is 9.18 Å². The van der Waals surface area contributed by atoms with E-state index in [0.717, 1.165) is 11.3 Å². The predicted octanol–water partition coefficient (Wildman–Crippen LogP) is 3.26. The fraction of sp³-hybridized carbons (Fsp3) is 0.222. The van der Waals surface area contributed by atoms with Gasteiger partial charge in [-0.3, -0.25) is 14.5 Å². The number of halogens is 1. The SMILES string of the molecule is Cc1nc(SCC(=O)Nc2c(C#N)c(C)c(C)n2-c2cccc(F)c2)n[nH]1. The minimum Gasteiger partial charge on any atom is -0.310 e. The number of carbonyl (C=O) groups is 1. The molecule has 2 heterocycles. The molecule has 0 aliphatic carbocycles. The molecule has 2 aromatic heterocycles. The molecule has 0 unspecified atom stereocenters. The highest BCUT2D eigenvalue weighted by Gasteiger charge is 2.21. The Hall–Kier alpha value is -3.12. The highest BCUT2D eigenvalue weighted by atomic mass is 32.2. The van der Waals surface area contributed by atoms with Gasteiger partial charge < -0.3 is 5.32 Å². The maximum atomic E-state index is 13.7. The number of nitrogens with one attached hydrogen (secondary N) is 2. The first-order valence-electron chi connectivity index (χ1n) is 8.10. The standard InChI is InChI=1S/C18H17FN6OS/c1-10-11(2)25(14-6-4-5-13(19)7-14)17(15(10)8-20)22-16(26)9-27-18-21-12(3)23-24-18/h4-7H,9H2,1-3H3,(H,22,26)(H,21,23,24). The number of amides is 1. The van der Waals surface area contributed by atoms with Crippen LogP contribution < -0.4 is 5.32 Å². The molecule has 0 fully saturated rings. The lowest BCUT2D eigenvalue weighted by Gasteiger charge is -2.13. The van der Waals surface area contributed by atoms with Gasteiger partial charge in [0, 0.05) is 5.69 Å². The summed E-state index contributed by atoms with van der Waals surface area (Å²) in [5.74, 6) is 0.360. The third-order valence-corrected chi connectivity index (χ3v) is 4.91. The molecule has 3 rings (SSSR count). The molecule has 7 nitrogen and oxygen atoms in total. The second kappa shape index (κ2) is 7.63. The van der Waals surface area contributed by atoms with E-state index in [-0.39, 0.29) is 11.7 Å². The number of benzene rings is 1. The molecule has 27 heavy (non-hydrogen) atoms. The molecular weight excluding hydrogens is 367 g/mol. The Balaban J connectivity index is 1.90. The van der Waals surface area contributed by atoms with Crippen molar-refractivity contribution >= 4 is 23.5 Å². The zero-order chi connectivity index (χ0) is 19.6. The molecule has 0 spiro atoms. The molecule has 0 radical (unpaired) electrons. The maximum absolute atomic E-state index is 13.7. The number of H-pyrrole nitrogens is 1. The van der Waals surface area contributed by atoms with Crippen molar-refractivity contribution in [1.82, 2.24) is 19.7 Å². The number of hydrogen-bond donors (Lipinski definition) is 2. The van der Waals surface area contributed by atoms with Crippen LogP contribution in [0.15, 0.2) is 29.4 Å². The lowest BCUT2D eigenvalue weighted by Crippen LogP contribution is -2.18. The summed E-state index contributed by atoms with van der Waals surface area (Å²) in [5.41, 5.74) is 2.37. The van der Waals surface area contributed by atoms with Crippen LogP contribution >= 0.6 is 11.8 Å². The number of hydrogen-bond acceptors (Lipinski definition) is 5. The first kappa shape index (κ1) is 18.7. The van der Waals surface area contributed by atoms with Crippen molar-refractivity contribution in [2.24, 2.45) is 0 Å². The van der Waals surface area contributed by atoms with E-state index >= 15 is 0 Å². The van der Waals surface area contributed by atoms with Crippen molar-refractivity contribution in [1.29, 1.82) is 5.26 Å². The third kappa shape index (κ3) is 3.85. The zero-order valence-electron chi connectivity index (χ0n) is 15.0. The molecule has 138 valence electrons. The van der Waals surface area contributed by atoms with Crippen LogP contribution in [0.25, 0.3) is 5.69 Å². The van der Waals surface area contributed by atoms with Crippen LogP contribution in [0.4, 0.5) is 10.2 Å². The molecule has 3 aromatic rings. The average molecular weight is 384 g/mol. The van der Waals surface area contributed by atoms with E-state index in [1.165, 1.54) is 23.9 Å². The number of nitrogens with zero attached hydrogens (tertiary/aromatic N) is 4. The molecule has 1 aromatic carbocycles. The lowest BCUT2D eigenvalue weighted by molar-refractivity contribution is -0.113. The van der Waals surface area contributed by atoms with Crippen molar-refractivity contribution in [3.63, 3.8) is 0 Å². The van der Waals surface area contributed by atoms with Crippen molar-refractivity contribution in [2.75, 3.05) is 11.1 Å². The van der Waals surface area contributed by atoms with E-state index in [9.17, 15) is 14.4 Å². The quantitative estimate of drug-likeness (QED) is 0.658. The van der Waals surface area contributed by atoms with Crippen molar-refractivity contribution in [3.05, 3.63) is 52.7 Å². The predicted molar refractivity (Wildman–Crippen MR) is 100 cm³/mol. The highest BCUT2D eigenvalue weighted by Crippen LogP contribution is 2.30. The summed E-state index contributed by atoms with van der Waals surface area (Å²) in [4.78, 5) is 16.6. The second-order valence-electron chi connectivity index (χ2n) is 5.90. The number of aromatic nitrogens is 4. The summed E-state index contributed by atoms with van der Waals surface area (Å²) < 4.78 is 15.4. The fourth-order valence-electron chi connectivity index (χ4n) is 2.68. The zero-order valence-corrected chi connectivity index (χ0v) is 15.8. The topological polar surface area (TPSA) is 99.4 Å². The Morgan fingerprint density at radius 3 is 2.81 bits per heavy atom. The van der Waals surface area contributed by atoms with Gasteiger partial charge in [-0.2, -0.15) is 5.26 Å². The minimum atomic E-state index is -0.399.